The van der Waals surface area contributed by atoms with E-state index in [2.05, 4.69) is 25.3 Å². The first-order valence-electron chi connectivity index (χ1n) is 5.19. The number of sulfonamides is 1. The Kier molecular flexibility index (Phi) is 5.11. The van der Waals surface area contributed by atoms with Crippen LogP contribution in [0, 0.1) is 0 Å². The molecule has 0 fully saturated rings. The SMILES string of the molecule is CNc1cncc(NCCCNS(C)(=O)=O)n1. The molecule has 0 atom stereocenters. The summed E-state index contributed by atoms with van der Waals surface area (Å²) in [6.45, 7) is 1.04. The Morgan fingerprint density at radius 1 is 1.24 bits per heavy atom. The van der Waals surface area contributed by atoms with Gasteiger partial charge in [0.2, 0.25) is 10.0 Å². The number of nitrogens with one attached hydrogen (secondary N) is 3. The van der Waals surface area contributed by atoms with Crippen molar-refractivity contribution in [3.63, 3.8) is 0 Å². The van der Waals surface area contributed by atoms with Gasteiger partial charge in [-0.15, -0.1) is 0 Å². The van der Waals surface area contributed by atoms with E-state index in [0.717, 1.165) is 6.26 Å². The number of hydrogen-bond donors (Lipinski definition) is 3. The van der Waals surface area contributed by atoms with Gasteiger partial charge in [0.15, 0.2) is 0 Å². The van der Waals surface area contributed by atoms with E-state index in [1.165, 1.54) is 0 Å². The molecular formula is C9H17N5O2S. The van der Waals surface area contributed by atoms with Gasteiger partial charge in [0.25, 0.3) is 0 Å². The van der Waals surface area contributed by atoms with Gasteiger partial charge in [-0.3, -0.25) is 4.98 Å². The molecule has 0 amide bonds. The van der Waals surface area contributed by atoms with Gasteiger partial charge in [-0.2, -0.15) is 0 Å². The molecule has 0 bridgehead atoms. The molecule has 1 heterocycles. The lowest BCUT2D eigenvalue weighted by Crippen LogP contribution is -2.24. The van der Waals surface area contributed by atoms with Crippen LogP contribution in [0.15, 0.2) is 12.4 Å². The smallest absolute Gasteiger partial charge is 0.208 e. The summed E-state index contributed by atoms with van der Waals surface area (Å²) in [5.74, 6) is 1.35. The molecule has 1 rings (SSSR count). The van der Waals surface area contributed by atoms with Gasteiger partial charge in [0.05, 0.1) is 18.6 Å². The number of aromatic nitrogens is 2. The lowest BCUT2D eigenvalue weighted by molar-refractivity contribution is 0.586. The van der Waals surface area contributed by atoms with Crippen LogP contribution in [0.25, 0.3) is 0 Å². The predicted octanol–water partition coefficient (Wildman–Crippen LogP) is -0.131. The highest BCUT2D eigenvalue weighted by atomic mass is 32.2. The van der Waals surface area contributed by atoms with E-state index in [1.807, 2.05) is 0 Å². The van der Waals surface area contributed by atoms with Crippen LogP contribution in [0.5, 0.6) is 0 Å². The second-order valence-corrected chi connectivity index (χ2v) is 5.32. The van der Waals surface area contributed by atoms with E-state index in [4.69, 9.17) is 0 Å². The molecule has 0 saturated carbocycles. The van der Waals surface area contributed by atoms with Crippen molar-refractivity contribution in [3.05, 3.63) is 12.4 Å². The highest BCUT2D eigenvalue weighted by Gasteiger charge is 1.99. The number of nitrogens with zero attached hydrogens (tertiary/aromatic N) is 2. The zero-order valence-corrected chi connectivity index (χ0v) is 10.7. The summed E-state index contributed by atoms with van der Waals surface area (Å²) in [4.78, 5) is 8.21. The van der Waals surface area contributed by atoms with Crippen molar-refractivity contribution in [2.45, 2.75) is 6.42 Å². The summed E-state index contributed by atoms with van der Waals surface area (Å²) in [6, 6.07) is 0. The Balaban J connectivity index is 2.26. The molecule has 0 aliphatic carbocycles. The normalized spacial score (nSPS) is 11.2. The maximum Gasteiger partial charge on any atom is 0.208 e. The van der Waals surface area contributed by atoms with Gasteiger partial charge in [-0.25, -0.2) is 18.1 Å². The van der Waals surface area contributed by atoms with Gasteiger partial charge in [0.1, 0.15) is 11.6 Å². The Morgan fingerprint density at radius 2 is 1.94 bits per heavy atom. The van der Waals surface area contributed by atoms with Crippen LogP contribution < -0.4 is 15.4 Å². The minimum Gasteiger partial charge on any atom is -0.372 e. The van der Waals surface area contributed by atoms with Crippen molar-refractivity contribution in [2.24, 2.45) is 0 Å². The zero-order chi connectivity index (χ0) is 12.7. The molecule has 1 aromatic rings. The van der Waals surface area contributed by atoms with E-state index in [-0.39, 0.29) is 0 Å². The predicted molar refractivity (Wildman–Crippen MR) is 67.5 cm³/mol. The minimum absolute atomic E-state index is 0.408. The summed E-state index contributed by atoms with van der Waals surface area (Å²) in [6.07, 6.45) is 5.06. The van der Waals surface area contributed by atoms with Gasteiger partial charge < -0.3 is 10.6 Å². The van der Waals surface area contributed by atoms with Gasteiger partial charge in [0, 0.05) is 20.1 Å². The van der Waals surface area contributed by atoms with Crippen LogP contribution in [0.1, 0.15) is 6.42 Å². The second kappa shape index (κ2) is 6.36. The highest BCUT2D eigenvalue weighted by Crippen LogP contribution is 2.04. The first-order chi connectivity index (χ1) is 8.01. The Hall–Kier alpha value is -1.41. The van der Waals surface area contributed by atoms with Crippen LogP contribution in [0.3, 0.4) is 0 Å². The second-order valence-electron chi connectivity index (χ2n) is 3.49. The number of hydrogen-bond acceptors (Lipinski definition) is 6. The summed E-state index contributed by atoms with van der Waals surface area (Å²) in [5, 5.41) is 5.94. The summed E-state index contributed by atoms with van der Waals surface area (Å²) < 4.78 is 24.0. The van der Waals surface area contributed by atoms with Gasteiger partial charge in [-0.1, -0.05) is 0 Å². The molecule has 0 saturated heterocycles. The van der Waals surface area contributed by atoms with E-state index in [0.29, 0.717) is 31.1 Å². The molecule has 17 heavy (non-hydrogen) atoms. The van der Waals surface area contributed by atoms with Crippen molar-refractivity contribution >= 4 is 21.7 Å². The average molecular weight is 259 g/mol. The van der Waals surface area contributed by atoms with Crippen molar-refractivity contribution in [1.82, 2.24) is 14.7 Å². The molecule has 0 radical (unpaired) electrons. The van der Waals surface area contributed by atoms with Crippen molar-refractivity contribution in [1.29, 1.82) is 0 Å². The number of anilines is 2. The van der Waals surface area contributed by atoms with Crippen molar-refractivity contribution < 1.29 is 8.42 Å². The first-order valence-corrected chi connectivity index (χ1v) is 7.09. The molecular weight excluding hydrogens is 242 g/mol. The van der Waals surface area contributed by atoms with E-state index < -0.39 is 10.0 Å². The first kappa shape index (κ1) is 13.7. The van der Waals surface area contributed by atoms with Crippen LogP contribution in [0.4, 0.5) is 11.6 Å². The maximum atomic E-state index is 10.8. The molecule has 3 N–H and O–H groups in total. The Labute approximate surface area is 101 Å². The van der Waals surface area contributed by atoms with Crippen LogP contribution >= 0.6 is 0 Å². The van der Waals surface area contributed by atoms with E-state index in [9.17, 15) is 8.42 Å². The summed E-state index contributed by atoms with van der Waals surface area (Å²) in [7, 11) is -1.33. The standard InChI is InChI=1S/C9H17N5O2S/c1-10-8-6-11-7-9(14-8)12-4-3-5-13-17(2,15)16/h6-7,13H,3-5H2,1-2H3,(H2,10,12,14). The quantitative estimate of drug-likeness (QED) is 0.590. The van der Waals surface area contributed by atoms with Crippen molar-refractivity contribution in [2.75, 3.05) is 37.0 Å². The molecule has 0 spiro atoms. The molecule has 1 aromatic heterocycles. The molecule has 0 aliphatic heterocycles. The topological polar surface area (TPSA) is 96.0 Å². The van der Waals surface area contributed by atoms with Crippen molar-refractivity contribution in [3.8, 4) is 0 Å². The fraction of sp³-hybridized carbons (Fsp3) is 0.556. The van der Waals surface area contributed by atoms with Crippen LogP contribution in [0.2, 0.25) is 0 Å². The third kappa shape index (κ3) is 6.03. The summed E-state index contributed by atoms with van der Waals surface area (Å²) >= 11 is 0. The molecule has 8 heteroatoms. The maximum absolute atomic E-state index is 10.8. The fourth-order valence-corrected chi connectivity index (χ4v) is 1.65. The summed E-state index contributed by atoms with van der Waals surface area (Å²) in [5.41, 5.74) is 0. The average Bonchev–Trinajstić information content (AvgIpc) is 2.27. The van der Waals surface area contributed by atoms with E-state index >= 15 is 0 Å². The molecule has 0 unspecified atom stereocenters. The van der Waals surface area contributed by atoms with E-state index in [1.54, 1.807) is 19.4 Å². The minimum atomic E-state index is -3.10. The van der Waals surface area contributed by atoms with Crippen LogP contribution in [-0.4, -0.2) is 44.8 Å². The molecule has 0 aromatic carbocycles. The largest absolute Gasteiger partial charge is 0.372 e. The highest BCUT2D eigenvalue weighted by molar-refractivity contribution is 7.88. The third-order valence-electron chi connectivity index (χ3n) is 1.91. The Bertz CT molecular complexity index is 448. The molecule has 7 nitrogen and oxygen atoms in total. The molecule has 0 aliphatic rings. The van der Waals surface area contributed by atoms with Gasteiger partial charge >= 0.3 is 0 Å². The fourth-order valence-electron chi connectivity index (χ4n) is 1.13. The lowest BCUT2D eigenvalue weighted by atomic mass is 10.4. The monoisotopic (exact) mass is 259 g/mol. The van der Waals surface area contributed by atoms with Gasteiger partial charge in [-0.05, 0) is 6.42 Å². The lowest BCUT2D eigenvalue weighted by Gasteiger charge is -2.06. The zero-order valence-electron chi connectivity index (χ0n) is 9.90. The number of rotatable bonds is 7. The third-order valence-corrected chi connectivity index (χ3v) is 2.64. The Morgan fingerprint density at radius 3 is 2.59 bits per heavy atom. The van der Waals surface area contributed by atoms with Crippen LogP contribution in [-0.2, 0) is 10.0 Å². The molecule has 96 valence electrons.